The molecule has 1 aliphatic rings. The second-order valence-corrected chi connectivity index (χ2v) is 9.43. The molecule has 0 amide bonds. The monoisotopic (exact) mass is 419 g/mol. The number of hydrogen-bond donors (Lipinski definition) is 0. The molecule has 0 radical (unpaired) electrons. The van der Waals surface area contributed by atoms with Crippen molar-refractivity contribution in [2.24, 2.45) is 5.92 Å². The van der Waals surface area contributed by atoms with Gasteiger partial charge in [0.15, 0.2) is 14.7 Å². The third-order valence-corrected chi connectivity index (χ3v) is 7.53. The first kappa shape index (κ1) is 20.5. The Bertz CT molecular complexity index is 880. The Hall–Kier alpha value is -2.72. The molecule has 154 valence electrons. The molecule has 1 saturated carbocycles. The molecule has 0 unspecified atom stereocenters. The van der Waals surface area contributed by atoms with Crippen molar-refractivity contribution < 1.29 is 14.3 Å². The fourth-order valence-corrected chi connectivity index (χ4v) is 5.86. The van der Waals surface area contributed by atoms with Crippen LogP contribution in [-0.2, 0) is 20.4 Å². The molecule has 0 spiro atoms. The summed E-state index contributed by atoms with van der Waals surface area (Å²) in [5.41, 5.74) is 0. The summed E-state index contributed by atoms with van der Waals surface area (Å²) < 4.78 is 11.2. The van der Waals surface area contributed by atoms with Crippen LogP contribution < -0.4 is 4.74 Å². The average Bonchev–Trinajstić information content (AvgIpc) is 3.34. The van der Waals surface area contributed by atoms with Crippen molar-refractivity contribution in [3.8, 4) is 5.75 Å². The zero-order chi connectivity index (χ0) is 20.6. The summed E-state index contributed by atoms with van der Waals surface area (Å²) in [6, 6.07) is 29.4. The van der Waals surface area contributed by atoms with Gasteiger partial charge in [0.1, 0.15) is 19.0 Å². The maximum atomic E-state index is 12.0. The van der Waals surface area contributed by atoms with Crippen molar-refractivity contribution in [2.45, 2.75) is 40.4 Å². The van der Waals surface area contributed by atoms with Crippen LogP contribution in [0.25, 0.3) is 0 Å². The Morgan fingerprint density at radius 2 is 1.27 bits per heavy atom. The standard InChI is InChI=1S/C26H27O3S/c27-26(21-9-7-8-10-21)29-20-19-28-22-15-17-25(18-16-22)30(23-11-3-1-4-12-23)24-13-5-2-6-14-24/h1-6,11-18,21H,7-10,19-20H2/q+1. The van der Waals surface area contributed by atoms with E-state index in [4.69, 9.17) is 9.47 Å². The lowest BCUT2D eigenvalue weighted by molar-refractivity contribution is -0.149. The van der Waals surface area contributed by atoms with Crippen LogP contribution in [0.2, 0.25) is 0 Å². The quantitative estimate of drug-likeness (QED) is 0.259. The van der Waals surface area contributed by atoms with Gasteiger partial charge in [-0.05, 0) is 61.4 Å². The van der Waals surface area contributed by atoms with Gasteiger partial charge in [0, 0.05) is 0 Å². The highest BCUT2D eigenvalue weighted by Crippen LogP contribution is 2.32. The van der Waals surface area contributed by atoms with Crippen LogP contribution in [0.4, 0.5) is 0 Å². The van der Waals surface area contributed by atoms with Gasteiger partial charge in [-0.25, -0.2) is 0 Å². The van der Waals surface area contributed by atoms with E-state index in [0.717, 1.165) is 31.4 Å². The highest BCUT2D eigenvalue weighted by Gasteiger charge is 2.28. The first-order valence-corrected chi connectivity index (χ1v) is 11.8. The summed E-state index contributed by atoms with van der Waals surface area (Å²) in [4.78, 5) is 15.8. The molecule has 0 saturated heterocycles. The van der Waals surface area contributed by atoms with E-state index >= 15 is 0 Å². The van der Waals surface area contributed by atoms with Crippen LogP contribution in [0.1, 0.15) is 25.7 Å². The first-order valence-electron chi connectivity index (χ1n) is 10.6. The summed E-state index contributed by atoms with van der Waals surface area (Å²) in [6.45, 7) is 0.677. The Morgan fingerprint density at radius 3 is 1.83 bits per heavy atom. The van der Waals surface area contributed by atoms with E-state index < -0.39 is 0 Å². The molecule has 0 bridgehead atoms. The van der Waals surface area contributed by atoms with Crippen LogP contribution in [0.15, 0.2) is 99.6 Å². The second kappa shape index (κ2) is 10.4. The minimum absolute atomic E-state index is 0.0683. The maximum absolute atomic E-state index is 12.0. The summed E-state index contributed by atoms with van der Waals surface area (Å²) in [7, 11) is -0.163. The van der Waals surface area contributed by atoms with E-state index in [2.05, 4.69) is 60.7 Å². The molecule has 3 nitrogen and oxygen atoms in total. The van der Waals surface area contributed by atoms with E-state index in [-0.39, 0.29) is 22.8 Å². The molecule has 0 N–H and O–H groups in total. The average molecular weight is 420 g/mol. The van der Waals surface area contributed by atoms with Gasteiger partial charge in [-0.15, -0.1) is 0 Å². The van der Waals surface area contributed by atoms with Gasteiger partial charge in [0.2, 0.25) is 0 Å². The summed E-state index contributed by atoms with van der Waals surface area (Å²) in [5, 5.41) is 0. The molecule has 30 heavy (non-hydrogen) atoms. The highest BCUT2D eigenvalue weighted by molar-refractivity contribution is 7.97. The van der Waals surface area contributed by atoms with Gasteiger partial charge in [-0.3, -0.25) is 4.79 Å². The molecule has 1 fully saturated rings. The number of hydrogen-bond acceptors (Lipinski definition) is 3. The maximum Gasteiger partial charge on any atom is 0.309 e. The largest absolute Gasteiger partial charge is 0.490 e. The van der Waals surface area contributed by atoms with Gasteiger partial charge < -0.3 is 9.47 Å². The third kappa shape index (κ3) is 5.25. The van der Waals surface area contributed by atoms with Crippen molar-refractivity contribution in [1.82, 2.24) is 0 Å². The van der Waals surface area contributed by atoms with Crippen molar-refractivity contribution in [3.63, 3.8) is 0 Å². The lowest BCUT2D eigenvalue weighted by Crippen LogP contribution is -2.18. The van der Waals surface area contributed by atoms with Gasteiger partial charge in [-0.2, -0.15) is 0 Å². The number of carbonyl (C=O) groups is 1. The van der Waals surface area contributed by atoms with Gasteiger partial charge in [-0.1, -0.05) is 49.2 Å². The molecule has 1 aliphatic carbocycles. The topological polar surface area (TPSA) is 35.5 Å². The van der Waals surface area contributed by atoms with Gasteiger partial charge in [0.25, 0.3) is 0 Å². The zero-order valence-corrected chi connectivity index (χ0v) is 17.9. The number of carbonyl (C=O) groups excluding carboxylic acids is 1. The molecule has 3 aromatic carbocycles. The Balaban J connectivity index is 1.38. The number of rotatable bonds is 8. The van der Waals surface area contributed by atoms with E-state index in [9.17, 15) is 4.79 Å². The Kier molecular flexibility index (Phi) is 7.09. The van der Waals surface area contributed by atoms with Crippen LogP contribution in [0.5, 0.6) is 5.75 Å². The molecule has 0 aromatic heterocycles. The van der Waals surface area contributed by atoms with E-state index in [1.165, 1.54) is 14.7 Å². The van der Waals surface area contributed by atoms with Crippen LogP contribution in [0, 0.1) is 5.92 Å². The second-order valence-electron chi connectivity index (χ2n) is 7.40. The number of esters is 1. The minimum Gasteiger partial charge on any atom is -0.490 e. The molecule has 0 atom stereocenters. The van der Waals surface area contributed by atoms with Gasteiger partial charge in [0.05, 0.1) is 16.8 Å². The summed E-state index contributed by atoms with van der Waals surface area (Å²) >= 11 is 0. The summed E-state index contributed by atoms with van der Waals surface area (Å²) in [6.07, 6.45) is 4.20. The Morgan fingerprint density at radius 1 is 0.733 bits per heavy atom. The predicted molar refractivity (Wildman–Crippen MR) is 120 cm³/mol. The molecular formula is C26H27O3S+. The van der Waals surface area contributed by atoms with Crippen LogP contribution >= 0.6 is 0 Å². The van der Waals surface area contributed by atoms with Crippen LogP contribution in [-0.4, -0.2) is 19.2 Å². The highest BCUT2D eigenvalue weighted by atomic mass is 32.2. The molecule has 0 heterocycles. The minimum atomic E-state index is -0.163. The predicted octanol–water partition coefficient (Wildman–Crippen LogP) is 5.89. The number of benzene rings is 3. The molecule has 0 aliphatic heterocycles. The van der Waals surface area contributed by atoms with Crippen molar-refractivity contribution in [1.29, 1.82) is 0 Å². The van der Waals surface area contributed by atoms with Crippen molar-refractivity contribution in [2.75, 3.05) is 13.2 Å². The normalized spacial score (nSPS) is 14.0. The molecule has 3 aromatic rings. The van der Waals surface area contributed by atoms with Crippen molar-refractivity contribution >= 4 is 16.9 Å². The fourth-order valence-electron chi connectivity index (χ4n) is 3.77. The lowest BCUT2D eigenvalue weighted by atomic mass is 10.1. The van der Waals surface area contributed by atoms with E-state index in [0.29, 0.717) is 13.2 Å². The zero-order valence-electron chi connectivity index (χ0n) is 17.0. The lowest BCUT2D eigenvalue weighted by Gasteiger charge is -2.11. The van der Waals surface area contributed by atoms with Gasteiger partial charge >= 0.3 is 5.97 Å². The van der Waals surface area contributed by atoms with Crippen molar-refractivity contribution in [3.05, 3.63) is 84.9 Å². The first-order chi connectivity index (χ1) is 14.8. The molecule has 4 rings (SSSR count). The van der Waals surface area contributed by atoms with E-state index in [1.807, 2.05) is 24.3 Å². The smallest absolute Gasteiger partial charge is 0.309 e. The number of ether oxygens (including phenoxy) is 2. The Labute approximate surface area is 181 Å². The van der Waals surface area contributed by atoms with E-state index in [1.54, 1.807) is 0 Å². The molecular weight excluding hydrogens is 392 g/mol. The fraction of sp³-hybridized carbons (Fsp3) is 0.269. The van der Waals surface area contributed by atoms with Crippen LogP contribution in [0.3, 0.4) is 0 Å². The molecule has 4 heteroatoms. The third-order valence-electron chi connectivity index (χ3n) is 5.30. The summed E-state index contributed by atoms with van der Waals surface area (Å²) in [5.74, 6) is 0.819. The SMILES string of the molecule is O=C(OCCOc1ccc([S+](c2ccccc2)c2ccccc2)cc1)C1CCCC1.